The first-order chi connectivity index (χ1) is 11.1. The fourth-order valence-corrected chi connectivity index (χ4v) is 2.55. The zero-order chi connectivity index (χ0) is 16.4. The summed E-state index contributed by atoms with van der Waals surface area (Å²) in [5.41, 5.74) is 2.36. The molecule has 0 saturated heterocycles. The van der Waals surface area contributed by atoms with Gasteiger partial charge in [-0.1, -0.05) is 12.1 Å². The van der Waals surface area contributed by atoms with Crippen LogP contribution in [0, 0.1) is 10.1 Å². The highest BCUT2D eigenvalue weighted by atomic mass is 16.6. The Bertz CT molecular complexity index is 898. The van der Waals surface area contributed by atoms with Crippen molar-refractivity contribution in [2.24, 2.45) is 0 Å². The lowest BCUT2D eigenvalue weighted by atomic mass is 10.1. The first-order valence-electron chi connectivity index (χ1n) is 6.99. The third-order valence-corrected chi connectivity index (χ3v) is 3.67. The number of aromatic nitrogens is 1. The van der Waals surface area contributed by atoms with Crippen LogP contribution in [0.25, 0.3) is 10.9 Å². The van der Waals surface area contributed by atoms with E-state index in [0.717, 1.165) is 16.5 Å². The Balaban J connectivity index is 1.93. The number of esters is 1. The van der Waals surface area contributed by atoms with E-state index in [9.17, 15) is 14.9 Å². The molecule has 3 rings (SSSR count). The van der Waals surface area contributed by atoms with E-state index in [4.69, 9.17) is 4.74 Å². The third kappa shape index (κ3) is 2.91. The maximum absolute atomic E-state index is 11.6. The van der Waals surface area contributed by atoms with Crippen LogP contribution in [0.15, 0.2) is 54.7 Å². The van der Waals surface area contributed by atoms with Gasteiger partial charge in [0.25, 0.3) is 5.69 Å². The number of carbonyl (C=O) groups excluding carboxylic acids is 1. The van der Waals surface area contributed by atoms with Gasteiger partial charge in [0, 0.05) is 35.8 Å². The predicted octanol–water partition coefficient (Wildman–Crippen LogP) is 3.38. The van der Waals surface area contributed by atoms with E-state index in [1.807, 2.05) is 29.0 Å². The van der Waals surface area contributed by atoms with E-state index in [1.54, 1.807) is 24.3 Å². The summed E-state index contributed by atoms with van der Waals surface area (Å²) >= 11 is 0. The molecule has 0 radical (unpaired) electrons. The summed E-state index contributed by atoms with van der Waals surface area (Å²) in [4.78, 5) is 22.0. The van der Waals surface area contributed by atoms with E-state index in [2.05, 4.69) is 0 Å². The van der Waals surface area contributed by atoms with Gasteiger partial charge in [-0.3, -0.25) is 10.1 Å². The molecule has 6 nitrogen and oxygen atoms in total. The molecule has 0 aliphatic rings. The Morgan fingerprint density at radius 1 is 1.22 bits per heavy atom. The highest BCUT2D eigenvalue weighted by Gasteiger charge is 2.10. The summed E-state index contributed by atoms with van der Waals surface area (Å²) < 4.78 is 6.70. The first-order valence-corrected chi connectivity index (χ1v) is 6.99. The molecule has 23 heavy (non-hydrogen) atoms. The fourth-order valence-electron chi connectivity index (χ4n) is 2.55. The lowest BCUT2D eigenvalue weighted by Gasteiger charge is -2.06. The number of hydrogen-bond donors (Lipinski definition) is 0. The van der Waals surface area contributed by atoms with Gasteiger partial charge in [0.1, 0.15) is 0 Å². The molecule has 3 aromatic rings. The number of methoxy groups -OCH3 is 1. The summed E-state index contributed by atoms with van der Waals surface area (Å²) in [6, 6.07) is 13.8. The molecule has 6 heteroatoms. The molecular weight excluding hydrogens is 296 g/mol. The zero-order valence-electron chi connectivity index (χ0n) is 12.4. The van der Waals surface area contributed by atoms with Crippen LogP contribution in [0.1, 0.15) is 15.9 Å². The highest BCUT2D eigenvalue weighted by molar-refractivity contribution is 5.94. The van der Waals surface area contributed by atoms with Crippen LogP contribution in [0.4, 0.5) is 5.69 Å². The molecule has 0 bridgehead atoms. The Labute approximate surface area is 132 Å². The molecule has 1 aromatic heterocycles. The minimum absolute atomic E-state index is 0.0759. The van der Waals surface area contributed by atoms with Crippen molar-refractivity contribution in [2.75, 3.05) is 7.11 Å². The monoisotopic (exact) mass is 310 g/mol. The Morgan fingerprint density at radius 2 is 2.04 bits per heavy atom. The van der Waals surface area contributed by atoms with Crippen LogP contribution < -0.4 is 0 Å². The molecule has 0 saturated carbocycles. The second kappa shape index (κ2) is 5.92. The molecule has 0 N–H and O–H groups in total. The van der Waals surface area contributed by atoms with Gasteiger partial charge < -0.3 is 9.30 Å². The molecule has 116 valence electrons. The predicted molar refractivity (Wildman–Crippen MR) is 85.5 cm³/mol. The second-order valence-electron chi connectivity index (χ2n) is 5.14. The Kier molecular flexibility index (Phi) is 3.80. The summed E-state index contributed by atoms with van der Waals surface area (Å²) in [6.45, 7) is 0.517. The first kappa shape index (κ1) is 14.8. The maximum Gasteiger partial charge on any atom is 0.337 e. The van der Waals surface area contributed by atoms with Gasteiger partial charge in [-0.2, -0.15) is 0 Å². The van der Waals surface area contributed by atoms with E-state index in [-0.39, 0.29) is 11.7 Å². The molecule has 1 heterocycles. The van der Waals surface area contributed by atoms with E-state index in [0.29, 0.717) is 12.1 Å². The fraction of sp³-hybridized carbons (Fsp3) is 0.118. The largest absolute Gasteiger partial charge is 0.465 e. The number of nitrogens with zero attached hydrogens (tertiary/aromatic N) is 2. The van der Waals surface area contributed by atoms with Crippen molar-refractivity contribution in [3.63, 3.8) is 0 Å². The summed E-state index contributed by atoms with van der Waals surface area (Å²) in [5.74, 6) is -0.377. The van der Waals surface area contributed by atoms with Crippen molar-refractivity contribution in [3.05, 3.63) is 76.0 Å². The summed E-state index contributed by atoms with van der Waals surface area (Å²) in [7, 11) is 1.35. The van der Waals surface area contributed by atoms with Crippen LogP contribution in [0.2, 0.25) is 0 Å². The Morgan fingerprint density at radius 3 is 2.78 bits per heavy atom. The number of nitro benzene ring substituents is 1. The third-order valence-electron chi connectivity index (χ3n) is 3.67. The lowest BCUT2D eigenvalue weighted by molar-refractivity contribution is -0.384. The van der Waals surface area contributed by atoms with Gasteiger partial charge in [0.15, 0.2) is 0 Å². The zero-order valence-corrected chi connectivity index (χ0v) is 12.4. The van der Waals surface area contributed by atoms with Crippen LogP contribution in [-0.4, -0.2) is 22.6 Å². The molecular formula is C17H14N2O4. The highest BCUT2D eigenvalue weighted by Crippen LogP contribution is 2.21. The molecule has 0 fully saturated rings. The minimum atomic E-state index is -0.403. The Hall–Kier alpha value is -3.15. The van der Waals surface area contributed by atoms with Crippen LogP contribution in [0.5, 0.6) is 0 Å². The maximum atomic E-state index is 11.6. The topological polar surface area (TPSA) is 74.4 Å². The van der Waals surface area contributed by atoms with Gasteiger partial charge in [-0.05, 0) is 29.8 Å². The number of benzene rings is 2. The van der Waals surface area contributed by atoms with Crippen LogP contribution in [-0.2, 0) is 11.3 Å². The summed E-state index contributed by atoms with van der Waals surface area (Å²) in [6.07, 6.45) is 1.89. The molecule has 0 unspecified atom stereocenters. The van der Waals surface area contributed by atoms with Gasteiger partial charge in [-0.25, -0.2) is 4.79 Å². The smallest absolute Gasteiger partial charge is 0.337 e. The van der Waals surface area contributed by atoms with Crippen LogP contribution in [0.3, 0.4) is 0 Å². The van der Waals surface area contributed by atoms with Crippen molar-refractivity contribution >= 4 is 22.6 Å². The SMILES string of the molecule is COC(=O)c1ccc2c(ccn2Cc2cccc([N+](=O)[O-])c2)c1. The molecule has 0 spiro atoms. The van der Waals surface area contributed by atoms with Gasteiger partial charge in [-0.15, -0.1) is 0 Å². The van der Waals surface area contributed by atoms with Gasteiger partial charge in [0.05, 0.1) is 17.6 Å². The van der Waals surface area contributed by atoms with Crippen molar-refractivity contribution in [1.82, 2.24) is 4.57 Å². The number of hydrogen-bond acceptors (Lipinski definition) is 4. The van der Waals surface area contributed by atoms with E-state index in [1.165, 1.54) is 13.2 Å². The minimum Gasteiger partial charge on any atom is -0.465 e. The average Bonchev–Trinajstić information content (AvgIpc) is 2.96. The normalized spacial score (nSPS) is 10.7. The van der Waals surface area contributed by atoms with E-state index >= 15 is 0 Å². The van der Waals surface area contributed by atoms with E-state index < -0.39 is 4.92 Å². The number of rotatable bonds is 4. The molecule has 0 aliphatic carbocycles. The van der Waals surface area contributed by atoms with Crippen molar-refractivity contribution < 1.29 is 14.5 Å². The average molecular weight is 310 g/mol. The number of non-ortho nitro benzene ring substituents is 1. The molecule has 0 atom stereocenters. The van der Waals surface area contributed by atoms with Gasteiger partial charge in [0.2, 0.25) is 0 Å². The molecule has 0 aliphatic heterocycles. The number of nitro groups is 1. The molecule has 0 amide bonds. The van der Waals surface area contributed by atoms with Crippen LogP contribution >= 0.6 is 0 Å². The number of carbonyl (C=O) groups is 1. The number of ether oxygens (including phenoxy) is 1. The van der Waals surface area contributed by atoms with Crippen molar-refractivity contribution in [3.8, 4) is 0 Å². The molecule has 2 aromatic carbocycles. The quantitative estimate of drug-likeness (QED) is 0.420. The standard InChI is InChI=1S/C17H14N2O4/c1-23-17(20)14-5-6-16-13(10-14)7-8-18(16)11-12-3-2-4-15(9-12)19(21)22/h2-10H,11H2,1H3. The number of fused-ring (bicyclic) bond motifs is 1. The lowest BCUT2D eigenvalue weighted by Crippen LogP contribution is -2.01. The van der Waals surface area contributed by atoms with Gasteiger partial charge >= 0.3 is 5.97 Å². The summed E-state index contributed by atoms with van der Waals surface area (Å²) in [5, 5.41) is 11.8. The second-order valence-corrected chi connectivity index (χ2v) is 5.14. The van der Waals surface area contributed by atoms with Crippen molar-refractivity contribution in [1.29, 1.82) is 0 Å². The van der Waals surface area contributed by atoms with Crippen molar-refractivity contribution in [2.45, 2.75) is 6.54 Å².